The van der Waals surface area contributed by atoms with Gasteiger partial charge in [0.25, 0.3) is 0 Å². The van der Waals surface area contributed by atoms with Crippen LogP contribution >= 0.6 is 12.4 Å². The van der Waals surface area contributed by atoms with Gasteiger partial charge in [-0.25, -0.2) is 13.1 Å². The number of hydrogen-bond donors (Lipinski definition) is 2. The molecule has 104 valence electrons. The number of sulfonamides is 1. The van der Waals surface area contributed by atoms with Gasteiger partial charge in [-0.3, -0.25) is 0 Å². The number of halogens is 1. The van der Waals surface area contributed by atoms with Crippen LogP contribution in [0, 0.1) is 0 Å². The van der Waals surface area contributed by atoms with E-state index in [-0.39, 0.29) is 36.9 Å². The molecular weight excluding hydrogens is 264 g/mol. The third-order valence-electron chi connectivity index (χ3n) is 2.45. The van der Waals surface area contributed by atoms with E-state index in [1.807, 2.05) is 13.8 Å². The Hall–Kier alpha value is 0.120. The average molecular weight is 287 g/mol. The van der Waals surface area contributed by atoms with Gasteiger partial charge in [0.15, 0.2) is 0 Å². The van der Waals surface area contributed by atoms with Crippen LogP contribution in [0.2, 0.25) is 0 Å². The second-order valence-corrected chi connectivity index (χ2v) is 6.27. The lowest BCUT2D eigenvalue weighted by Crippen LogP contribution is -2.46. The van der Waals surface area contributed by atoms with E-state index < -0.39 is 10.0 Å². The summed E-state index contributed by atoms with van der Waals surface area (Å²) >= 11 is 0. The van der Waals surface area contributed by atoms with Crippen LogP contribution in [0.25, 0.3) is 0 Å². The highest BCUT2D eigenvalue weighted by atomic mass is 35.5. The molecule has 1 fully saturated rings. The maximum atomic E-state index is 11.7. The largest absolute Gasteiger partial charge is 0.378 e. The van der Waals surface area contributed by atoms with Crippen LogP contribution in [0.5, 0.6) is 0 Å². The van der Waals surface area contributed by atoms with E-state index in [2.05, 4.69) is 10.0 Å². The summed E-state index contributed by atoms with van der Waals surface area (Å²) in [5.74, 6) is 0.0433. The SMILES string of the molecule is CC(C)OCCS(=O)(=O)NC1CCCNC1.Cl. The molecule has 1 heterocycles. The van der Waals surface area contributed by atoms with Crippen molar-refractivity contribution in [3.8, 4) is 0 Å². The Bertz CT molecular complexity index is 290. The molecule has 0 amide bonds. The van der Waals surface area contributed by atoms with Crippen molar-refractivity contribution in [3.63, 3.8) is 0 Å². The Morgan fingerprint density at radius 3 is 2.71 bits per heavy atom. The molecule has 1 unspecified atom stereocenters. The lowest BCUT2D eigenvalue weighted by Gasteiger charge is -2.23. The zero-order chi connectivity index (χ0) is 12.0. The predicted octanol–water partition coefficient (Wildman–Crippen LogP) is 0.505. The summed E-state index contributed by atoms with van der Waals surface area (Å²) in [6.45, 7) is 5.75. The van der Waals surface area contributed by atoms with Crippen molar-refractivity contribution in [2.24, 2.45) is 0 Å². The molecule has 17 heavy (non-hydrogen) atoms. The van der Waals surface area contributed by atoms with E-state index in [4.69, 9.17) is 4.74 Å². The summed E-state index contributed by atoms with van der Waals surface area (Å²) in [4.78, 5) is 0. The Morgan fingerprint density at radius 2 is 2.18 bits per heavy atom. The lowest BCUT2D eigenvalue weighted by atomic mass is 10.1. The molecule has 1 aliphatic rings. The summed E-state index contributed by atoms with van der Waals surface area (Å²) in [6.07, 6.45) is 2.01. The fraction of sp³-hybridized carbons (Fsp3) is 1.00. The van der Waals surface area contributed by atoms with E-state index in [0.29, 0.717) is 0 Å². The molecule has 0 radical (unpaired) electrons. The predicted molar refractivity (Wildman–Crippen MR) is 71.2 cm³/mol. The molecule has 0 aromatic heterocycles. The zero-order valence-corrected chi connectivity index (χ0v) is 12.1. The van der Waals surface area contributed by atoms with Gasteiger partial charge < -0.3 is 10.1 Å². The van der Waals surface area contributed by atoms with E-state index in [9.17, 15) is 8.42 Å². The third kappa shape index (κ3) is 7.94. The highest BCUT2D eigenvalue weighted by molar-refractivity contribution is 7.89. The van der Waals surface area contributed by atoms with Crippen LogP contribution in [-0.2, 0) is 14.8 Å². The van der Waals surface area contributed by atoms with Crippen molar-refractivity contribution in [3.05, 3.63) is 0 Å². The number of piperidine rings is 1. The highest BCUT2D eigenvalue weighted by Crippen LogP contribution is 2.03. The molecule has 0 spiro atoms. The molecule has 1 saturated heterocycles. The first-order chi connectivity index (χ1) is 7.49. The lowest BCUT2D eigenvalue weighted by molar-refractivity contribution is 0.0911. The van der Waals surface area contributed by atoms with Crippen LogP contribution in [0.3, 0.4) is 0 Å². The summed E-state index contributed by atoms with van der Waals surface area (Å²) in [7, 11) is -3.19. The first-order valence-electron chi connectivity index (χ1n) is 5.82. The summed E-state index contributed by atoms with van der Waals surface area (Å²) < 4.78 is 31.3. The minimum absolute atomic E-state index is 0. The molecule has 0 aromatic carbocycles. The molecule has 0 saturated carbocycles. The third-order valence-corrected chi connectivity index (χ3v) is 3.84. The molecular formula is C10H23ClN2O3S. The second kappa shape index (κ2) is 8.26. The minimum atomic E-state index is -3.19. The summed E-state index contributed by atoms with van der Waals surface area (Å²) in [5, 5.41) is 3.17. The molecule has 0 aliphatic carbocycles. The Labute approximate surface area is 110 Å². The van der Waals surface area contributed by atoms with Gasteiger partial charge in [-0.15, -0.1) is 12.4 Å². The Kier molecular flexibility index (Phi) is 8.32. The Balaban J connectivity index is 0.00000256. The first-order valence-corrected chi connectivity index (χ1v) is 7.47. The maximum Gasteiger partial charge on any atom is 0.214 e. The van der Waals surface area contributed by atoms with Gasteiger partial charge in [-0.2, -0.15) is 0 Å². The topological polar surface area (TPSA) is 67.4 Å². The number of rotatable bonds is 6. The van der Waals surface area contributed by atoms with Crippen LogP contribution in [0.4, 0.5) is 0 Å². The molecule has 0 aromatic rings. The van der Waals surface area contributed by atoms with E-state index in [1.165, 1.54) is 0 Å². The van der Waals surface area contributed by atoms with E-state index in [0.717, 1.165) is 25.9 Å². The van der Waals surface area contributed by atoms with Crippen molar-refractivity contribution in [1.29, 1.82) is 0 Å². The zero-order valence-electron chi connectivity index (χ0n) is 10.4. The number of ether oxygens (including phenoxy) is 1. The quantitative estimate of drug-likeness (QED) is 0.746. The van der Waals surface area contributed by atoms with Crippen molar-refractivity contribution < 1.29 is 13.2 Å². The van der Waals surface area contributed by atoms with Gasteiger partial charge in [-0.1, -0.05) is 0 Å². The number of hydrogen-bond acceptors (Lipinski definition) is 4. The van der Waals surface area contributed by atoms with Gasteiger partial charge in [0.2, 0.25) is 10.0 Å². The van der Waals surface area contributed by atoms with Crippen LogP contribution in [-0.4, -0.2) is 46.0 Å². The van der Waals surface area contributed by atoms with Crippen LogP contribution < -0.4 is 10.0 Å². The van der Waals surface area contributed by atoms with Gasteiger partial charge in [0.1, 0.15) is 0 Å². The smallest absolute Gasteiger partial charge is 0.214 e. The average Bonchev–Trinajstić information content (AvgIpc) is 2.17. The monoisotopic (exact) mass is 286 g/mol. The van der Waals surface area contributed by atoms with Crippen molar-refractivity contribution in [2.45, 2.75) is 38.8 Å². The second-order valence-electron chi connectivity index (χ2n) is 4.40. The standard InChI is InChI=1S/C10H22N2O3S.ClH/c1-9(2)15-6-7-16(13,14)12-10-4-3-5-11-8-10;/h9-12H,3-8H2,1-2H3;1H. The van der Waals surface area contributed by atoms with Gasteiger partial charge >= 0.3 is 0 Å². The van der Waals surface area contributed by atoms with Gasteiger partial charge in [0.05, 0.1) is 18.5 Å². The highest BCUT2D eigenvalue weighted by Gasteiger charge is 2.19. The van der Waals surface area contributed by atoms with Crippen molar-refractivity contribution in [2.75, 3.05) is 25.4 Å². The minimum Gasteiger partial charge on any atom is -0.378 e. The van der Waals surface area contributed by atoms with E-state index >= 15 is 0 Å². The van der Waals surface area contributed by atoms with Crippen molar-refractivity contribution >= 4 is 22.4 Å². The van der Waals surface area contributed by atoms with Crippen LogP contribution in [0.15, 0.2) is 0 Å². The molecule has 2 N–H and O–H groups in total. The fourth-order valence-electron chi connectivity index (χ4n) is 1.66. The van der Waals surface area contributed by atoms with Gasteiger partial charge in [-0.05, 0) is 33.2 Å². The van der Waals surface area contributed by atoms with Crippen LogP contribution in [0.1, 0.15) is 26.7 Å². The number of nitrogens with one attached hydrogen (secondary N) is 2. The van der Waals surface area contributed by atoms with E-state index in [1.54, 1.807) is 0 Å². The summed E-state index contributed by atoms with van der Waals surface area (Å²) in [5.41, 5.74) is 0. The molecule has 0 bridgehead atoms. The Morgan fingerprint density at radius 1 is 1.47 bits per heavy atom. The van der Waals surface area contributed by atoms with Gasteiger partial charge in [0, 0.05) is 12.6 Å². The molecule has 1 aliphatic heterocycles. The fourth-order valence-corrected chi connectivity index (χ4v) is 2.80. The summed E-state index contributed by atoms with van der Waals surface area (Å²) in [6, 6.07) is 0.0396. The normalized spacial score (nSPS) is 21.2. The van der Waals surface area contributed by atoms with Crippen molar-refractivity contribution in [1.82, 2.24) is 10.0 Å². The molecule has 5 nitrogen and oxygen atoms in total. The molecule has 7 heteroatoms. The molecule has 1 rings (SSSR count). The first kappa shape index (κ1) is 17.1. The molecule has 1 atom stereocenters. The maximum absolute atomic E-state index is 11.7.